The molecule has 1 rings (SSSR count). The van der Waals surface area contributed by atoms with Gasteiger partial charge in [-0.25, -0.2) is 0 Å². The number of rotatable bonds is 3. The molecule has 0 aromatic heterocycles. The summed E-state index contributed by atoms with van der Waals surface area (Å²) < 4.78 is 16.0. The van der Waals surface area contributed by atoms with Crippen LogP contribution in [0, 0.1) is 5.41 Å². The van der Waals surface area contributed by atoms with Crippen molar-refractivity contribution in [2.45, 2.75) is 12.8 Å². The molecule has 78 valence electrons. The van der Waals surface area contributed by atoms with Crippen molar-refractivity contribution < 1.29 is 19.1 Å². The third-order valence-corrected chi connectivity index (χ3v) is 3.61. The van der Waals surface area contributed by atoms with Gasteiger partial charge in [-0.15, -0.1) is 0 Å². The smallest absolute Gasteiger partial charge is 0.326 e. The van der Waals surface area contributed by atoms with E-state index in [1.807, 2.05) is 0 Å². The number of hydrogen-bond donors (Lipinski definition) is 3. The summed E-state index contributed by atoms with van der Waals surface area (Å²) in [5.41, 5.74) is 5.14. The molecule has 0 radical (unpaired) electrons. The van der Waals surface area contributed by atoms with Crippen LogP contribution in [0.15, 0.2) is 0 Å². The molecule has 0 spiro atoms. The highest BCUT2D eigenvalue weighted by Crippen LogP contribution is 2.45. The van der Waals surface area contributed by atoms with Gasteiger partial charge in [-0.2, -0.15) is 0 Å². The molecular formula is C7H16NO4P. The first-order chi connectivity index (χ1) is 5.97. The Bertz CT molecular complexity index is 209. The first-order valence-corrected chi connectivity index (χ1v) is 6.10. The molecule has 1 fully saturated rings. The largest absolute Gasteiger partial charge is 0.381 e. The minimum Gasteiger partial charge on any atom is -0.381 e. The van der Waals surface area contributed by atoms with Crippen molar-refractivity contribution in [1.29, 1.82) is 0 Å². The van der Waals surface area contributed by atoms with Crippen LogP contribution in [0.25, 0.3) is 0 Å². The monoisotopic (exact) mass is 209 g/mol. The molecule has 1 aliphatic heterocycles. The van der Waals surface area contributed by atoms with Crippen LogP contribution in [0.3, 0.4) is 0 Å². The van der Waals surface area contributed by atoms with Crippen molar-refractivity contribution in [3.8, 4) is 0 Å². The van der Waals surface area contributed by atoms with Crippen molar-refractivity contribution in [2.75, 3.05) is 25.9 Å². The predicted molar refractivity (Wildman–Crippen MR) is 48.5 cm³/mol. The molecule has 1 heterocycles. The fourth-order valence-electron chi connectivity index (χ4n) is 1.67. The first kappa shape index (κ1) is 11.1. The van der Waals surface area contributed by atoms with Crippen LogP contribution in [-0.2, 0) is 9.30 Å². The quantitative estimate of drug-likeness (QED) is 0.565. The topological polar surface area (TPSA) is 92.8 Å². The Labute approximate surface area is 77.4 Å². The van der Waals surface area contributed by atoms with Gasteiger partial charge in [0, 0.05) is 13.2 Å². The zero-order valence-corrected chi connectivity index (χ0v) is 8.37. The minimum absolute atomic E-state index is 0.111. The van der Waals surface area contributed by atoms with E-state index in [0.29, 0.717) is 32.6 Å². The van der Waals surface area contributed by atoms with E-state index in [0.717, 1.165) is 0 Å². The van der Waals surface area contributed by atoms with E-state index < -0.39 is 13.0 Å². The van der Waals surface area contributed by atoms with Crippen molar-refractivity contribution in [2.24, 2.45) is 11.1 Å². The second-order valence-corrected chi connectivity index (χ2v) is 5.28. The zero-order valence-electron chi connectivity index (χ0n) is 7.48. The molecular weight excluding hydrogens is 193 g/mol. The number of ether oxygens (including phenoxy) is 1. The SMILES string of the molecule is NCC1(CP(=O)(O)O)CCOCC1. The second-order valence-electron chi connectivity index (χ2n) is 3.64. The van der Waals surface area contributed by atoms with Gasteiger partial charge in [0.25, 0.3) is 0 Å². The van der Waals surface area contributed by atoms with Crippen LogP contribution < -0.4 is 5.73 Å². The second kappa shape index (κ2) is 4.07. The summed E-state index contributed by atoms with van der Waals surface area (Å²) in [5, 5.41) is 0. The molecule has 0 amide bonds. The third kappa shape index (κ3) is 3.37. The van der Waals surface area contributed by atoms with E-state index in [1.165, 1.54) is 0 Å². The van der Waals surface area contributed by atoms with Gasteiger partial charge in [-0.05, 0) is 24.8 Å². The predicted octanol–water partition coefficient (Wildman–Crippen LogP) is -0.0804. The summed E-state index contributed by atoms with van der Waals surface area (Å²) in [6.07, 6.45) is 1.18. The van der Waals surface area contributed by atoms with Crippen molar-refractivity contribution in [3.05, 3.63) is 0 Å². The highest BCUT2D eigenvalue weighted by Gasteiger charge is 2.37. The summed E-state index contributed by atoms with van der Waals surface area (Å²) in [6.45, 7) is 1.43. The maximum Gasteiger partial charge on any atom is 0.326 e. The molecule has 0 atom stereocenters. The molecule has 6 heteroatoms. The van der Waals surface area contributed by atoms with Gasteiger partial charge in [0.1, 0.15) is 0 Å². The minimum atomic E-state index is -3.95. The highest BCUT2D eigenvalue weighted by atomic mass is 31.2. The molecule has 1 saturated heterocycles. The summed E-state index contributed by atoms with van der Waals surface area (Å²) in [4.78, 5) is 17.8. The van der Waals surface area contributed by atoms with Crippen LogP contribution >= 0.6 is 7.60 Å². The van der Waals surface area contributed by atoms with E-state index in [1.54, 1.807) is 0 Å². The third-order valence-electron chi connectivity index (χ3n) is 2.53. The van der Waals surface area contributed by atoms with Crippen LogP contribution in [0.5, 0.6) is 0 Å². The Morgan fingerprint density at radius 2 is 1.92 bits per heavy atom. The van der Waals surface area contributed by atoms with Crippen LogP contribution in [0.1, 0.15) is 12.8 Å². The lowest BCUT2D eigenvalue weighted by atomic mass is 9.82. The van der Waals surface area contributed by atoms with Crippen molar-refractivity contribution in [1.82, 2.24) is 0 Å². The van der Waals surface area contributed by atoms with Crippen LogP contribution in [0.2, 0.25) is 0 Å². The van der Waals surface area contributed by atoms with Gasteiger partial charge >= 0.3 is 7.60 Å². The molecule has 5 nitrogen and oxygen atoms in total. The van der Waals surface area contributed by atoms with E-state index >= 15 is 0 Å². The number of nitrogens with two attached hydrogens (primary N) is 1. The molecule has 1 aliphatic rings. The molecule has 0 saturated carbocycles. The van der Waals surface area contributed by atoms with Gasteiger partial charge in [0.15, 0.2) is 0 Å². The summed E-state index contributed by atoms with van der Waals surface area (Å²) in [5.74, 6) is 0. The Hall–Kier alpha value is 0.0700. The van der Waals surface area contributed by atoms with E-state index in [-0.39, 0.29) is 6.16 Å². The average Bonchev–Trinajstić information content (AvgIpc) is 2.03. The lowest BCUT2D eigenvalue weighted by Crippen LogP contribution is -2.39. The van der Waals surface area contributed by atoms with Crippen molar-refractivity contribution >= 4 is 7.60 Å². The Balaban J connectivity index is 2.63. The van der Waals surface area contributed by atoms with E-state index in [4.69, 9.17) is 20.3 Å². The molecule has 4 N–H and O–H groups in total. The van der Waals surface area contributed by atoms with Crippen LogP contribution in [-0.4, -0.2) is 35.7 Å². The Kier molecular flexibility index (Phi) is 3.49. The van der Waals surface area contributed by atoms with E-state index in [9.17, 15) is 4.57 Å². The molecule has 0 aromatic rings. The molecule has 13 heavy (non-hydrogen) atoms. The normalized spacial score (nSPS) is 23.0. The molecule has 0 bridgehead atoms. The number of hydrogen-bond acceptors (Lipinski definition) is 3. The standard InChI is InChI=1S/C7H16NO4P/c8-5-7(6-13(9,10)11)1-3-12-4-2-7/h1-6,8H2,(H2,9,10,11). The molecule has 0 aromatic carbocycles. The summed E-state index contributed by atoms with van der Waals surface area (Å²) in [7, 11) is -3.95. The lowest BCUT2D eigenvalue weighted by Gasteiger charge is -2.35. The maximum atomic E-state index is 10.9. The maximum absolute atomic E-state index is 10.9. The summed E-state index contributed by atoms with van der Waals surface area (Å²) in [6, 6.07) is 0. The van der Waals surface area contributed by atoms with Crippen molar-refractivity contribution in [3.63, 3.8) is 0 Å². The van der Waals surface area contributed by atoms with Gasteiger partial charge in [0.2, 0.25) is 0 Å². The first-order valence-electron chi connectivity index (χ1n) is 4.30. The lowest BCUT2D eigenvalue weighted by molar-refractivity contribution is 0.0276. The Morgan fingerprint density at radius 1 is 1.38 bits per heavy atom. The van der Waals surface area contributed by atoms with E-state index in [2.05, 4.69) is 0 Å². The van der Waals surface area contributed by atoms with Crippen LogP contribution in [0.4, 0.5) is 0 Å². The molecule has 0 aliphatic carbocycles. The van der Waals surface area contributed by atoms with Gasteiger partial charge in [0.05, 0.1) is 6.16 Å². The Morgan fingerprint density at radius 3 is 2.31 bits per heavy atom. The highest BCUT2D eigenvalue weighted by molar-refractivity contribution is 7.51. The fourth-order valence-corrected chi connectivity index (χ4v) is 2.99. The fraction of sp³-hybridized carbons (Fsp3) is 1.00. The zero-order chi connectivity index (χ0) is 9.95. The average molecular weight is 209 g/mol. The van der Waals surface area contributed by atoms with Gasteiger partial charge < -0.3 is 20.3 Å². The summed E-state index contributed by atoms with van der Waals surface area (Å²) >= 11 is 0. The van der Waals surface area contributed by atoms with Gasteiger partial charge in [-0.1, -0.05) is 0 Å². The molecule has 0 unspecified atom stereocenters. The van der Waals surface area contributed by atoms with Gasteiger partial charge in [-0.3, -0.25) is 4.57 Å².